The van der Waals surface area contributed by atoms with Crippen molar-refractivity contribution in [3.8, 4) is 0 Å². The normalized spacial score (nSPS) is 18.0. The third-order valence-electron chi connectivity index (χ3n) is 3.81. The summed E-state index contributed by atoms with van der Waals surface area (Å²) in [5.74, 6) is 0.721. The van der Waals surface area contributed by atoms with Gasteiger partial charge in [0.15, 0.2) is 5.65 Å². The van der Waals surface area contributed by atoms with Crippen molar-refractivity contribution in [2.45, 2.75) is 30.4 Å². The third kappa shape index (κ3) is 2.74. The summed E-state index contributed by atoms with van der Waals surface area (Å²) >= 11 is 5.42. The number of hydrogen-bond acceptors (Lipinski definition) is 4. The minimum absolute atomic E-state index is 0.373. The average molecular weight is 341 g/mol. The Morgan fingerprint density at radius 1 is 1.42 bits per heavy atom. The van der Waals surface area contributed by atoms with Crippen LogP contribution in [0.3, 0.4) is 0 Å². The fourth-order valence-corrected chi connectivity index (χ4v) is 3.88. The molecule has 0 spiro atoms. The Kier molecular flexibility index (Phi) is 3.71. The van der Waals surface area contributed by atoms with Gasteiger partial charge in [0.05, 0.1) is 0 Å². The molecule has 0 aromatic carbocycles. The van der Waals surface area contributed by atoms with Gasteiger partial charge in [0, 0.05) is 22.0 Å². The first kappa shape index (κ1) is 13.2. The van der Waals surface area contributed by atoms with E-state index < -0.39 is 0 Å². The largest absolute Gasteiger partial charge is 0.352 e. The van der Waals surface area contributed by atoms with E-state index in [0.29, 0.717) is 4.75 Å². The van der Waals surface area contributed by atoms with Crippen molar-refractivity contribution in [3.05, 3.63) is 22.8 Å². The van der Waals surface area contributed by atoms with Crippen LogP contribution in [0.15, 0.2) is 22.8 Å². The lowest BCUT2D eigenvalue weighted by atomic mass is 10.1. The van der Waals surface area contributed by atoms with Crippen LogP contribution in [0, 0.1) is 0 Å². The molecule has 2 aromatic heterocycles. The number of halogens is 1. The van der Waals surface area contributed by atoms with Crippen molar-refractivity contribution >= 4 is 39.3 Å². The molecule has 1 saturated carbocycles. The zero-order chi connectivity index (χ0) is 13.3. The molecule has 3 rings (SSSR count). The summed E-state index contributed by atoms with van der Waals surface area (Å²) in [6.45, 7) is 0.951. The molecule has 2 aromatic rings. The predicted octanol–water partition coefficient (Wildman–Crippen LogP) is 3.58. The summed E-state index contributed by atoms with van der Waals surface area (Å²) in [4.78, 5) is 4.49. The molecule has 6 heteroatoms. The van der Waals surface area contributed by atoms with E-state index in [1.54, 1.807) is 4.52 Å². The van der Waals surface area contributed by atoms with Crippen LogP contribution in [0.5, 0.6) is 0 Å². The van der Waals surface area contributed by atoms with Gasteiger partial charge in [-0.05, 0) is 47.2 Å². The molecule has 0 atom stereocenters. The second-order valence-electron chi connectivity index (χ2n) is 5.03. The van der Waals surface area contributed by atoms with Crippen molar-refractivity contribution in [2.24, 2.45) is 0 Å². The maximum Gasteiger partial charge on any atom is 0.243 e. The summed E-state index contributed by atoms with van der Waals surface area (Å²) in [7, 11) is 0. The van der Waals surface area contributed by atoms with E-state index in [-0.39, 0.29) is 0 Å². The van der Waals surface area contributed by atoms with Crippen LogP contribution in [0.1, 0.15) is 25.7 Å². The molecular weight excluding hydrogens is 324 g/mol. The van der Waals surface area contributed by atoms with Crippen LogP contribution >= 0.6 is 27.7 Å². The van der Waals surface area contributed by atoms with Crippen LogP contribution < -0.4 is 5.32 Å². The highest BCUT2D eigenvalue weighted by atomic mass is 79.9. The second kappa shape index (κ2) is 5.32. The Morgan fingerprint density at radius 2 is 2.21 bits per heavy atom. The van der Waals surface area contributed by atoms with E-state index in [0.717, 1.165) is 22.6 Å². The van der Waals surface area contributed by atoms with Gasteiger partial charge < -0.3 is 5.32 Å². The van der Waals surface area contributed by atoms with Crippen molar-refractivity contribution in [1.82, 2.24) is 14.6 Å². The van der Waals surface area contributed by atoms with Crippen LogP contribution in [-0.2, 0) is 0 Å². The first-order valence-electron chi connectivity index (χ1n) is 6.52. The minimum atomic E-state index is 0.373. The summed E-state index contributed by atoms with van der Waals surface area (Å²) in [6.07, 6.45) is 9.40. The molecule has 0 unspecified atom stereocenters. The van der Waals surface area contributed by atoms with Crippen LogP contribution in [0.25, 0.3) is 5.65 Å². The molecule has 4 nitrogen and oxygen atoms in total. The maximum atomic E-state index is 4.49. The van der Waals surface area contributed by atoms with Gasteiger partial charge in [0.25, 0.3) is 0 Å². The van der Waals surface area contributed by atoms with Crippen LogP contribution in [0.2, 0.25) is 0 Å². The summed E-state index contributed by atoms with van der Waals surface area (Å²) in [5, 5.41) is 7.86. The van der Waals surface area contributed by atoms with Gasteiger partial charge in [-0.25, -0.2) is 4.52 Å². The van der Waals surface area contributed by atoms with Gasteiger partial charge in [-0.2, -0.15) is 16.7 Å². The van der Waals surface area contributed by atoms with Crippen molar-refractivity contribution in [2.75, 3.05) is 18.1 Å². The van der Waals surface area contributed by atoms with Gasteiger partial charge >= 0.3 is 0 Å². The highest BCUT2D eigenvalue weighted by Gasteiger charge is 2.32. The number of pyridine rings is 1. The topological polar surface area (TPSA) is 42.2 Å². The number of thioether (sulfide) groups is 1. The fourth-order valence-electron chi connectivity index (χ4n) is 2.65. The Morgan fingerprint density at radius 3 is 2.95 bits per heavy atom. The lowest BCUT2D eigenvalue weighted by molar-refractivity contribution is 0.637. The number of fused-ring (bicyclic) bond motifs is 1. The molecule has 1 N–H and O–H groups in total. The number of nitrogens with zero attached hydrogens (tertiary/aromatic N) is 3. The smallest absolute Gasteiger partial charge is 0.243 e. The predicted molar refractivity (Wildman–Crippen MR) is 83.9 cm³/mol. The van der Waals surface area contributed by atoms with Crippen molar-refractivity contribution in [1.29, 1.82) is 0 Å². The molecule has 1 aliphatic rings. The highest BCUT2D eigenvalue weighted by Crippen LogP contribution is 2.40. The summed E-state index contributed by atoms with van der Waals surface area (Å²) in [5.41, 5.74) is 0.871. The fraction of sp³-hybridized carbons (Fsp3) is 0.538. The SMILES string of the molecule is CSC1(CNc2nc3ccc(Br)cn3n2)CCCC1. The van der Waals surface area contributed by atoms with Crippen molar-refractivity contribution < 1.29 is 0 Å². The molecule has 0 radical (unpaired) electrons. The summed E-state index contributed by atoms with van der Waals surface area (Å²) in [6, 6.07) is 3.94. The second-order valence-corrected chi connectivity index (χ2v) is 7.22. The Bertz CT molecular complexity index is 577. The van der Waals surface area contributed by atoms with Crippen LogP contribution in [0.4, 0.5) is 5.95 Å². The molecule has 1 aliphatic carbocycles. The third-order valence-corrected chi connectivity index (χ3v) is 5.70. The number of aromatic nitrogens is 3. The maximum absolute atomic E-state index is 4.49. The zero-order valence-corrected chi connectivity index (χ0v) is 13.3. The van der Waals surface area contributed by atoms with E-state index in [9.17, 15) is 0 Å². The Labute approximate surface area is 125 Å². The first-order valence-corrected chi connectivity index (χ1v) is 8.54. The molecule has 0 saturated heterocycles. The monoisotopic (exact) mass is 340 g/mol. The molecular formula is C13H17BrN4S. The highest BCUT2D eigenvalue weighted by molar-refractivity contribution is 9.10. The van der Waals surface area contributed by atoms with Gasteiger partial charge in [-0.3, -0.25) is 0 Å². The van der Waals surface area contributed by atoms with Crippen molar-refractivity contribution in [3.63, 3.8) is 0 Å². The number of rotatable bonds is 4. The van der Waals surface area contributed by atoms with E-state index in [1.807, 2.05) is 30.1 Å². The van der Waals surface area contributed by atoms with E-state index in [1.165, 1.54) is 25.7 Å². The van der Waals surface area contributed by atoms with Gasteiger partial charge in [0.2, 0.25) is 5.95 Å². The van der Waals surface area contributed by atoms with E-state index in [2.05, 4.69) is 37.6 Å². The van der Waals surface area contributed by atoms with Gasteiger partial charge in [0.1, 0.15) is 0 Å². The molecule has 0 amide bonds. The quantitative estimate of drug-likeness (QED) is 0.923. The first-order chi connectivity index (χ1) is 9.21. The molecule has 19 heavy (non-hydrogen) atoms. The molecule has 1 fully saturated rings. The van der Waals surface area contributed by atoms with E-state index in [4.69, 9.17) is 0 Å². The molecule has 2 heterocycles. The van der Waals surface area contributed by atoms with E-state index >= 15 is 0 Å². The Balaban J connectivity index is 1.74. The number of nitrogens with one attached hydrogen (secondary N) is 1. The number of anilines is 1. The standard InChI is InChI=1S/C13H17BrN4S/c1-19-13(6-2-3-7-13)9-15-12-16-11-5-4-10(14)8-18(11)17-12/h4-5,8H,2-3,6-7,9H2,1H3,(H,15,17). The minimum Gasteiger partial charge on any atom is -0.352 e. The Hall–Kier alpha value is -0.750. The lowest BCUT2D eigenvalue weighted by Gasteiger charge is -2.26. The lowest BCUT2D eigenvalue weighted by Crippen LogP contribution is -2.30. The van der Waals surface area contributed by atoms with Gasteiger partial charge in [-0.1, -0.05) is 12.8 Å². The average Bonchev–Trinajstić information content (AvgIpc) is 3.02. The number of hydrogen-bond donors (Lipinski definition) is 1. The molecule has 0 aliphatic heterocycles. The summed E-state index contributed by atoms with van der Waals surface area (Å²) < 4.78 is 3.18. The molecule has 0 bridgehead atoms. The molecule has 102 valence electrons. The van der Waals surface area contributed by atoms with Crippen LogP contribution in [-0.4, -0.2) is 32.1 Å². The zero-order valence-electron chi connectivity index (χ0n) is 10.9. The van der Waals surface area contributed by atoms with Gasteiger partial charge in [-0.15, -0.1) is 5.10 Å².